The first-order valence-electron chi connectivity index (χ1n) is 11.3. The van der Waals surface area contributed by atoms with Gasteiger partial charge in [0.2, 0.25) is 5.91 Å². The molecule has 5 nitrogen and oxygen atoms in total. The second-order valence-electron chi connectivity index (χ2n) is 8.58. The minimum atomic E-state index is 0.247. The predicted octanol–water partition coefficient (Wildman–Crippen LogP) is 3.53. The van der Waals surface area contributed by atoms with E-state index in [2.05, 4.69) is 9.80 Å². The summed E-state index contributed by atoms with van der Waals surface area (Å²) in [5, 5.41) is 0. The van der Waals surface area contributed by atoms with Gasteiger partial charge in [0.05, 0.1) is 12.6 Å². The van der Waals surface area contributed by atoms with E-state index in [1.54, 1.807) is 0 Å². The van der Waals surface area contributed by atoms with E-state index in [-0.39, 0.29) is 5.91 Å². The van der Waals surface area contributed by atoms with Crippen molar-refractivity contribution in [3.63, 3.8) is 0 Å². The first-order chi connectivity index (χ1) is 13.8. The maximum Gasteiger partial charge on any atom is 0.229 e. The summed E-state index contributed by atoms with van der Waals surface area (Å²) in [6, 6.07) is 8.45. The Hall–Kier alpha value is -1.59. The minimum Gasteiger partial charge on any atom is -0.494 e. The molecule has 1 aromatic carbocycles. The molecule has 5 heteroatoms. The summed E-state index contributed by atoms with van der Waals surface area (Å²) >= 11 is 0. The van der Waals surface area contributed by atoms with E-state index in [1.807, 2.05) is 29.2 Å². The quantitative estimate of drug-likeness (QED) is 0.507. The van der Waals surface area contributed by atoms with Gasteiger partial charge >= 0.3 is 0 Å². The van der Waals surface area contributed by atoms with Crippen LogP contribution in [0, 0.1) is 0 Å². The van der Waals surface area contributed by atoms with Gasteiger partial charge in [0.25, 0.3) is 0 Å². The summed E-state index contributed by atoms with van der Waals surface area (Å²) in [7, 11) is 0. The average molecular weight is 386 g/mol. The number of rotatable bonds is 8. The molecule has 0 aromatic heterocycles. The number of amides is 1. The highest BCUT2D eigenvalue weighted by molar-refractivity contribution is 6.00. The molecule has 4 rings (SSSR count). The molecule has 0 bridgehead atoms. The van der Waals surface area contributed by atoms with E-state index >= 15 is 0 Å². The van der Waals surface area contributed by atoms with E-state index in [4.69, 9.17) is 4.74 Å². The van der Waals surface area contributed by atoms with Crippen LogP contribution in [0.2, 0.25) is 0 Å². The second kappa shape index (κ2) is 9.75. The van der Waals surface area contributed by atoms with Gasteiger partial charge in [-0.25, -0.2) is 0 Å². The molecule has 154 valence electrons. The lowest BCUT2D eigenvalue weighted by Gasteiger charge is -2.43. The van der Waals surface area contributed by atoms with Crippen LogP contribution >= 0.6 is 0 Å². The Morgan fingerprint density at radius 2 is 1.50 bits per heavy atom. The fourth-order valence-electron chi connectivity index (χ4n) is 4.79. The maximum atomic E-state index is 12.2. The highest BCUT2D eigenvalue weighted by Gasteiger charge is 2.38. The van der Waals surface area contributed by atoms with Crippen LogP contribution in [-0.4, -0.2) is 67.6 Å². The molecule has 1 atom stereocenters. The molecule has 0 radical (unpaired) electrons. The summed E-state index contributed by atoms with van der Waals surface area (Å²) in [5.41, 5.74) is 1.01. The Morgan fingerprint density at radius 3 is 2.14 bits per heavy atom. The minimum absolute atomic E-state index is 0.247. The zero-order valence-electron chi connectivity index (χ0n) is 17.2. The standard InChI is InChI=1S/C23H35N3O2/c27-23-18-21(19-25-14-5-2-6-15-25)26(23)20-8-10-22(11-9-20)28-17-7-16-24-12-3-1-4-13-24/h8-11,21H,1-7,12-19H2/t21-/m0/s1. The number of nitrogens with zero attached hydrogens (tertiary/aromatic N) is 3. The number of hydrogen-bond acceptors (Lipinski definition) is 4. The molecule has 3 aliphatic rings. The molecule has 28 heavy (non-hydrogen) atoms. The molecule has 3 aliphatic heterocycles. The lowest BCUT2D eigenvalue weighted by atomic mass is 9.98. The van der Waals surface area contributed by atoms with Crippen molar-refractivity contribution in [2.45, 2.75) is 57.4 Å². The maximum absolute atomic E-state index is 12.2. The van der Waals surface area contributed by atoms with E-state index in [9.17, 15) is 4.79 Å². The van der Waals surface area contributed by atoms with Crippen molar-refractivity contribution in [3.8, 4) is 5.75 Å². The topological polar surface area (TPSA) is 36.0 Å². The van der Waals surface area contributed by atoms with Gasteiger partial charge in [-0.15, -0.1) is 0 Å². The summed E-state index contributed by atoms with van der Waals surface area (Å²) < 4.78 is 5.92. The third-order valence-electron chi connectivity index (χ3n) is 6.41. The smallest absolute Gasteiger partial charge is 0.229 e. The number of benzene rings is 1. The van der Waals surface area contributed by atoms with E-state index in [0.717, 1.165) is 37.6 Å². The molecular formula is C23H35N3O2. The Morgan fingerprint density at radius 1 is 0.857 bits per heavy atom. The SMILES string of the molecule is O=C1C[C@@H](CN2CCCCC2)N1c1ccc(OCCCN2CCCCC2)cc1. The van der Waals surface area contributed by atoms with Crippen LogP contribution in [0.25, 0.3) is 0 Å². The van der Waals surface area contributed by atoms with Crippen molar-refractivity contribution in [2.75, 3.05) is 50.8 Å². The van der Waals surface area contributed by atoms with Gasteiger partial charge in [-0.05, 0) is 82.5 Å². The van der Waals surface area contributed by atoms with Crippen LogP contribution in [0.4, 0.5) is 5.69 Å². The Kier molecular flexibility index (Phi) is 6.86. The number of ether oxygens (including phenoxy) is 1. The lowest BCUT2D eigenvalue weighted by Crippen LogP contribution is -2.58. The number of hydrogen-bond donors (Lipinski definition) is 0. The monoisotopic (exact) mass is 385 g/mol. The normalized spacial score (nSPS) is 24.2. The highest BCUT2D eigenvalue weighted by Crippen LogP contribution is 2.30. The number of anilines is 1. The van der Waals surface area contributed by atoms with Crippen LogP contribution in [0.5, 0.6) is 5.75 Å². The number of β-lactam (4-membered cyclic amide) rings is 1. The Labute approximate surface area is 169 Å². The molecule has 3 heterocycles. The fourth-order valence-corrected chi connectivity index (χ4v) is 4.79. The zero-order chi connectivity index (χ0) is 19.2. The van der Waals surface area contributed by atoms with Crippen LogP contribution < -0.4 is 9.64 Å². The summed E-state index contributed by atoms with van der Waals surface area (Å²) in [6.45, 7) is 7.77. The Balaban J connectivity index is 1.22. The van der Waals surface area contributed by atoms with Gasteiger partial charge in [0, 0.05) is 25.2 Å². The predicted molar refractivity (Wildman–Crippen MR) is 113 cm³/mol. The van der Waals surface area contributed by atoms with Gasteiger partial charge < -0.3 is 19.4 Å². The molecule has 3 fully saturated rings. The van der Waals surface area contributed by atoms with Crippen LogP contribution in [0.3, 0.4) is 0 Å². The van der Waals surface area contributed by atoms with Gasteiger partial charge in [-0.3, -0.25) is 4.79 Å². The number of carbonyl (C=O) groups is 1. The summed E-state index contributed by atoms with van der Waals surface area (Å²) in [4.78, 5) is 19.3. The van der Waals surface area contributed by atoms with Crippen molar-refractivity contribution < 1.29 is 9.53 Å². The fraction of sp³-hybridized carbons (Fsp3) is 0.696. The number of likely N-dealkylation sites (tertiary alicyclic amines) is 2. The molecule has 3 saturated heterocycles. The van der Waals surface area contributed by atoms with E-state index < -0.39 is 0 Å². The average Bonchev–Trinajstić information content (AvgIpc) is 2.73. The largest absolute Gasteiger partial charge is 0.494 e. The Bertz CT molecular complexity index is 621. The first kappa shape index (κ1) is 19.7. The lowest BCUT2D eigenvalue weighted by molar-refractivity contribution is -0.124. The van der Waals surface area contributed by atoms with Crippen molar-refractivity contribution in [3.05, 3.63) is 24.3 Å². The summed E-state index contributed by atoms with van der Waals surface area (Å²) in [5.74, 6) is 1.15. The molecule has 1 amide bonds. The first-order valence-corrected chi connectivity index (χ1v) is 11.3. The van der Waals surface area contributed by atoms with Crippen molar-refractivity contribution in [1.29, 1.82) is 0 Å². The third kappa shape index (κ3) is 5.06. The van der Waals surface area contributed by atoms with E-state index in [1.165, 1.54) is 64.7 Å². The van der Waals surface area contributed by atoms with Gasteiger partial charge in [-0.2, -0.15) is 0 Å². The van der Waals surface area contributed by atoms with E-state index in [0.29, 0.717) is 12.5 Å². The molecule has 0 unspecified atom stereocenters. The molecule has 0 saturated carbocycles. The van der Waals surface area contributed by atoms with Gasteiger partial charge in [-0.1, -0.05) is 12.8 Å². The highest BCUT2D eigenvalue weighted by atomic mass is 16.5. The third-order valence-corrected chi connectivity index (χ3v) is 6.41. The van der Waals surface area contributed by atoms with Gasteiger partial charge in [0.15, 0.2) is 0 Å². The van der Waals surface area contributed by atoms with Crippen molar-refractivity contribution in [1.82, 2.24) is 9.80 Å². The molecule has 1 aromatic rings. The van der Waals surface area contributed by atoms with Crippen molar-refractivity contribution >= 4 is 11.6 Å². The molecule has 0 aliphatic carbocycles. The molecular weight excluding hydrogens is 350 g/mol. The van der Waals surface area contributed by atoms with Crippen LogP contribution in [-0.2, 0) is 4.79 Å². The van der Waals surface area contributed by atoms with Crippen LogP contribution in [0.1, 0.15) is 51.4 Å². The number of carbonyl (C=O) groups excluding carboxylic acids is 1. The van der Waals surface area contributed by atoms with Crippen LogP contribution in [0.15, 0.2) is 24.3 Å². The van der Waals surface area contributed by atoms with Crippen molar-refractivity contribution in [2.24, 2.45) is 0 Å². The second-order valence-corrected chi connectivity index (χ2v) is 8.58. The summed E-state index contributed by atoms with van der Waals surface area (Å²) in [6.07, 6.45) is 9.78. The zero-order valence-corrected chi connectivity index (χ0v) is 17.2. The number of piperidine rings is 2. The van der Waals surface area contributed by atoms with Gasteiger partial charge in [0.1, 0.15) is 5.75 Å². The molecule has 0 N–H and O–H groups in total. The molecule has 0 spiro atoms.